The molecule has 1 atom stereocenters. The van der Waals surface area contributed by atoms with Gasteiger partial charge in [-0.15, -0.1) is 0 Å². The highest BCUT2D eigenvalue weighted by atomic mass is 35.5. The quantitative estimate of drug-likeness (QED) is 0.361. The second-order valence-electron chi connectivity index (χ2n) is 2.69. The zero-order valence-corrected chi connectivity index (χ0v) is 10.1. The summed E-state index contributed by atoms with van der Waals surface area (Å²) >= 11 is 22.6. The number of nitriles is 1. The van der Waals surface area contributed by atoms with E-state index in [2.05, 4.69) is 0 Å². The molecule has 1 aromatic rings. The first-order valence-corrected chi connectivity index (χ1v) is 5.08. The third-order valence-electron chi connectivity index (χ3n) is 1.65. The van der Waals surface area contributed by atoms with Crippen LogP contribution in [0, 0.1) is 11.3 Å². The minimum atomic E-state index is -2.22. The highest BCUT2D eigenvalue weighted by Crippen LogP contribution is 2.38. The summed E-state index contributed by atoms with van der Waals surface area (Å²) in [6.45, 7) is 0. The Morgan fingerprint density at radius 2 is 1.87 bits per heavy atom. The molecule has 0 aromatic heterocycles. The van der Waals surface area contributed by atoms with Gasteiger partial charge in [0, 0.05) is 5.56 Å². The van der Waals surface area contributed by atoms with Gasteiger partial charge in [0.05, 0.1) is 20.6 Å². The molecule has 0 saturated carbocycles. The van der Waals surface area contributed by atoms with E-state index in [1.165, 1.54) is 6.07 Å². The molecule has 0 radical (unpaired) electrons. The molecule has 1 unspecified atom stereocenters. The molecule has 0 fully saturated rings. The van der Waals surface area contributed by atoms with E-state index in [1.807, 2.05) is 0 Å². The van der Waals surface area contributed by atoms with Crippen molar-refractivity contribution in [1.82, 2.24) is 0 Å². The summed E-state index contributed by atoms with van der Waals surface area (Å²) in [6, 6.07) is 2.93. The molecule has 0 amide bonds. The maximum Gasteiger partial charge on any atom is 0.219 e. The van der Waals surface area contributed by atoms with E-state index >= 15 is 0 Å². The maximum absolute atomic E-state index is 9.37. The largest absolute Gasteiger partial charge is 0.359 e. The van der Waals surface area contributed by atoms with Gasteiger partial charge in [0.25, 0.3) is 0 Å². The van der Waals surface area contributed by atoms with E-state index in [0.717, 1.165) is 0 Å². The van der Waals surface area contributed by atoms with E-state index in [0.29, 0.717) is 0 Å². The molecule has 0 aliphatic carbocycles. The zero-order chi connectivity index (χ0) is 11.8. The minimum absolute atomic E-state index is 0.0135. The number of nitrogens with two attached hydrogens (primary N) is 1. The van der Waals surface area contributed by atoms with Crippen molar-refractivity contribution in [3.63, 3.8) is 0 Å². The van der Waals surface area contributed by atoms with Crippen molar-refractivity contribution in [3.8, 4) is 6.07 Å². The number of benzene rings is 1. The summed E-state index contributed by atoms with van der Waals surface area (Å²) in [4.78, 5) is 0. The van der Waals surface area contributed by atoms with Crippen LogP contribution in [-0.4, -0.2) is 5.11 Å². The number of alkyl halides is 1. The molecule has 3 N–H and O–H groups in total. The molecule has 15 heavy (non-hydrogen) atoms. The summed E-state index contributed by atoms with van der Waals surface area (Å²) < 4.78 is 0. The fraction of sp³-hybridized carbons (Fsp3) is 0.125. The smallest absolute Gasteiger partial charge is 0.219 e. The Balaban J connectivity index is 3.62. The van der Waals surface area contributed by atoms with Gasteiger partial charge in [-0.2, -0.15) is 5.26 Å². The monoisotopic (exact) mass is 284 g/mol. The predicted molar refractivity (Wildman–Crippen MR) is 60.1 cm³/mol. The standard InChI is InChI=1S/C8H4Cl4N2O/c9-5-1-4(8(12,14)15)3(2-13)6(10)7(5)11/h1,15H,14H2. The lowest BCUT2D eigenvalue weighted by molar-refractivity contribution is 0.136. The summed E-state index contributed by atoms with van der Waals surface area (Å²) in [5.41, 5.74) is 5.03. The van der Waals surface area contributed by atoms with Gasteiger partial charge in [-0.1, -0.05) is 46.4 Å². The van der Waals surface area contributed by atoms with Gasteiger partial charge >= 0.3 is 0 Å². The summed E-state index contributed by atoms with van der Waals surface area (Å²) in [6.07, 6.45) is 0. The Morgan fingerprint density at radius 1 is 1.33 bits per heavy atom. The highest BCUT2D eigenvalue weighted by Gasteiger charge is 2.27. The molecule has 80 valence electrons. The fourth-order valence-corrected chi connectivity index (χ4v) is 1.78. The van der Waals surface area contributed by atoms with Crippen LogP contribution in [0.5, 0.6) is 0 Å². The van der Waals surface area contributed by atoms with Crippen molar-refractivity contribution in [3.05, 3.63) is 32.3 Å². The Bertz CT molecular complexity index is 447. The van der Waals surface area contributed by atoms with Crippen LogP contribution >= 0.6 is 46.4 Å². The van der Waals surface area contributed by atoms with Crippen molar-refractivity contribution in [2.75, 3.05) is 0 Å². The molecule has 0 spiro atoms. The molecule has 1 aromatic carbocycles. The summed E-state index contributed by atoms with van der Waals surface area (Å²) in [7, 11) is 0. The van der Waals surface area contributed by atoms with Crippen molar-refractivity contribution in [2.24, 2.45) is 5.73 Å². The average Bonchev–Trinajstić information content (AvgIpc) is 2.12. The van der Waals surface area contributed by atoms with Crippen molar-refractivity contribution >= 4 is 46.4 Å². The van der Waals surface area contributed by atoms with Gasteiger partial charge in [-0.3, -0.25) is 5.73 Å². The molecule has 0 saturated heterocycles. The number of rotatable bonds is 1. The third-order valence-corrected chi connectivity index (χ3v) is 3.12. The average molecular weight is 286 g/mol. The lowest BCUT2D eigenvalue weighted by atomic mass is 10.1. The molecule has 7 heteroatoms. The van der Waals surface area contributed by atoms with Gasteiger partial charge in [0.2, 0.25) is 5.18 Å². The first-order valence-electron chi connectivity index (χ1n) is 3.57. The highest BCUT2D eigenvalue weighted by molar-refractivity contribution is 6.48. The minimum Gasteiger partial charge on any atom is -0.359 e. The number of halogens is 4. The van der Waals surface area contributed by atoms with E-state index in [4.69, 9.17) is 57.4 Å². The number of aliphatic hydroxyl groups is 1. The van der Waals surface area contributed by atoms with Crippen LogP contribution in [0.25, 0.3) is 0 Å². The Morgan fingerprint density at radius 3 is 2.27 bits per heavy atom. The summed E-state index contributed by atoms with van der Waals surface area (Å²) in [5, 5.41) is 15.9. The summed E-state index contributed by atoms with van der Waals surface area (Å²) in [5.74, 6) is 0. The van der Waals surface area contributed by atoms with E-state index < -0.39 is 5.18 Å². The van der Waals surface area contributed by atoms with Gasteiger partial charge in [-0.25, -0.2) is 0 Å². The van der Waals surface area contributed by atoms with Crippen LogP contribution < -0.4 is 5.73 Å². The van der Waals surface area contributed by atoms with E-state index in [9.17, 15) is 5.11 Å². The molecule has 1 rings (SSSR count). The van der Waals surface area contributed by atoms with Crippen LogP contribution in [0.3, 0.4) is 0 Å². The number of hydrogen-bond donors (Lipinski definition) is 2. The molecule has 3 nitrogen and oxygen atoms in total. The van der Waals surface area contributed by atoms with Crippen molar-refractivity contribution in [1.29, 1.82) is 5.26 Å². The van der Waals surface area contributed by atoms with Gasteiger partial charge in [0.1, 0.15) is 6.07 Å². The molecular formula is C8H4Cl4N2O. The first kappa shape index (κ1) is 12.9. The third kappa shape index (κ3) is 2.48. The molecule has 0 aliphatic rings. The number of hydrogen-bond acceptors (Lipinski definition) is 3. The zero-order valence-electron chi connectivity index (χ0n) is 7.06. The SMILES string of the molecule is N#Cc1c(C(N)(O)Cl)cc(Cl)c(Cl)c1Cl. The molecule has 0 heterocycles. The van der Waals surface area contributed by atoms with Gasteiger partial charge < -0.3 is 5.11 Å². The van der Waals surface area contributed by atoms with Crippen molar-refractivity contribution in [2.45, 2.75) is 5.18 Å². The van der Waals surface area contributed by atoms with E-state index in [-0.39, 0.29) is 26.2 Å². The Hall–Kier alpha value is -0.210. The maximum atomic E-state index is 9.37. The van der Waals surface area contributed by atoms with Crippen molar-refractivity contribution < 1.29 is 5.11 Å². The molecular weight excluding hydrogens is 282 g/mol. The Labute approximate surface area is 106 Å². The molecule has 0 aliphatic heterocycles. The lowest BCUT2D eigenvalue weighted by Gasteiger charge is -2.18. The van der Waals surface area contributed by atoms with Gasteiger partial charge in [-0.05, 0) is 6.07 Å². The van der Waals surface area contributed by atoms with Crippen LogP contribution in [0.15, 0.2) is 6.07 Å². The first-order chi connectivity index (χ1) is 6.79. The normalized spacial score (nSPS) is 14.5. The second-order valence-corrected chi connectivity index (χ2v) is 4.43. The van der Waals surface area contributed by atoms with Gasteiger partial charge in [0.15, 0.2) is 0 Å². The lowest BCUT2D eigenvalue weighted by Crippen LogP contribution is -2.30. The predicted octanol–water partition coefficient (Wildman–Crippen LogP) is 2.82. The van der Waals surface area contributed by atoms with Crippen LogP contribution in [0.4, 0.5) is 0 Å². The second kappa shape index (κ2) is 4.34. The fourth-order valence-electron chi connectivity index (χ4n) is 0.981. The topological polar surface area (TPSA) is 70.0 Å². The van der Waals surface area contributed by atoms with Crippen LogP contribution in [0.2, 0.25) is 15.1 Å². The Kier molecular flexibility index (Phi) is 3.72. The molecule has 0 bridgehead atoms. The van der Waals surface area contributed by atoms with Crippen LogP contribution in [-0.2, 0) is 5.18 Å². The van der Waals surface area contributed by atoms with Crippen LogP contribution in [0.1, 0.15) is 11.1 Å². The number of nitrogens with zero attached hydrogens (tertiary/aromatic N) is 1. The van der Waals surface area contributed by atoms with E-state index in [1.54, 1.807) is 6.07 Å².